The fourth-order valence-corrected chi connectivity index (χ4v) is 2.84. The third-order valence-corrected chi connectivity index (χ3v) is 3.91. The summed E-state index contributed by atoms with van der Waals surface area (Å²) in [4.78, 5) is 0. The second-order valence-electron chi connectivity index (χ2n) is 4.78. The zero-order chi connectivity index (χ0) is 13.2. The van der Waals surface area contributed by atoms with E-state index in [0.717, 1.165) is 40.8 Å². The van der Waals surface area contributed by atoms with E-state index in [1.54, 1.807) is 0 Å². The first-order valence-electron chi connectivity index (χ1n) is 6.43. The average Bonchev–Trinajstić information content (AvgIpc) is 2.46. The molecule has 0 radical (unpaired) electrons. The smallest absolute Gasteiger partial charge is 0.122 e. The fourth-order valence-electron chi connectivity index (χ4n) is 2.42. The van der Waals surface area contributed by atoms with Crippen LogP contribution >= 0.6 is 15.9 Å². The number of hydrogen-bond donors (Lipinski definition) is 1. The summed E-state index contributed by atoms with van der Waals surface area (Å²) >= 11 is 3.43. The van der Waals surface area contributed by atoms with E-state index < -0.39 is 6.10 Å². The molecule has 1 atom stereocenters. The minimum Gasteiger partial charge on any atom is -0.493 e. The van der Waals surface area contributed by atoms with Crippen molar-refractivity contribution >= 4 is 15.9 Å². The van der Waals surface area contributed by atoms with Crippen LogP contribution < -0.4 is 4.74 Å². The number of ether oxygens (including phenoxy) is 1. The molecule has 2 nitrogen and oxygen atoms in total. The Morgan fingerprint density at radius 3 is 2.79 bits per heavy atom. The molecule has 1 N–H and O–H groups in total. The lowest BCUT2D eigenvalue weighted by Gasteiger charge is -2.19. The molecule has 2 aromatic carbocycles. The second-order valence-corrected chi connectivity index (χ2v) is 5.69. The van der Waals surface area contributed by atoms with Crippen LogP contribution in [0.2, 0.25) is 0 Å². The van der Waals surface area contributed by atoms with E-state index in [1.807, 2.05) is 36.4 Å². The number of benzene rings is 2. The molecule has 1 aliphatic rings. The van der Waals surface area contributed by atoms with Gasteiger partial charge in [0.15, 0.2) is 0 Å². The molecular formula is C16H15BrO2. The highest BCUT2D eigenvalue weighted by molar-refractivity contribution is 9.10. The number of hydrogen-bond acceptors (Lipinski definition) is 2. The third kappa shape index (κ3) is 2.67. The highest BCUT2D eigenvalue weighted by atomic mass is 79.9. The highest BCUT2D eigenvalue weighted by Gasteiger charge is 2.15. The van der Waals surface area contributed by atoms with Crippen molar-refractivity contribution in [2.24, 2.45) is 0 Å². The van der Waals surface area contributed by atoms with Crippen LogP contribution in [-0.4, -0.2) is 11.7 Å². The van der Waals surface area contributed by atoms with Gasteiger partial charge < -0.3 is 9.84 Å². The van der Waals surface area contributed by atoms with Gasteiger partial charge in [0, 0.05) is 4.47 Å². The summed E-state index contributed by atoms with van der Waals surface area (Å²) < 4.78 is 6.57. The number of aliphatic hydroxyl groups is 1. The van der Waals surface area contributed by atoms with Crippen molar-refractivity contribution in [3.63, 3.8) is 0 Å². The monoisotopic (exact) mass is 318 g/mol. The van der Waals surface area contributed by atoms with Gasteiger partial charge in [0.2, 0.25) is 0 Å². The lowest BCUT2D eigenvalue weighted by Crippen LogP contribution is -2.09. The second kappa shape index (κ2) is 5.35. The van der Waals surface area contributed by atoms with Crippen molar-refractivity contribution in [2.45, 2.75) is 18.9 Å². The standard InChI is InChI=1S/C16H15BrO2/c17-14-5-1-3-12(10-14)16(18)13-6-7-15-11(9-13)4-2-8-19-15/h1,3,5-7,9-10,16,18H,2,4,8H2. The quantitative estimate of drug-likeness (QED) is 0.911. The average molecular weight is 319 g/mol. The molecule has 98 valence electrons. The number of fused-ring (bicyclic) bond motifs is 1. The Balaban J connectivity index is 1.93. The van der Waals surface area contributed by atoms with Crippen molar-refractivity contribution in [2.75, 3.05) is 6.61 Å². The fraction of sp³-hybridized carbons (Fsp3) is 0.250. The number of aliphatic hydroxyl groups excluding tert-OH is 1. The summed E-state index contributed by atoms with van der Waals surface area (Å²) in [5.74, 6) is 0.955. The van der Waals surface area contributed by atoms with Crippen LogP contribution in [0.5, 0.6) is 5.75 Å². The Hall–Kier alpha value is -1.32. The summed E-state index contributed by atoms with van der Waals surface area (Å²) in [6.07, 6.45) is 1.47. The van der Waals surface area contributed by atoms with Gasteiger partial charge in [-0.3, -0.25) is 0 Å². The molecule has 3 heteroatoms. The molecule has 2 aromatic rings. The molecule has 0 bridgehead atoms. The number of rotatable bonds is 2. The lowest BCUT2D eigenvalue weighted by molar-refractivity contribution is 0.219. The van der Waals surface area contributed by atoms with Gasteiger partial charge in [0.05, 0.1) is 6.61 Å². The zero-order valence-corrected chi connectivity index (χ0v) is 12.1. The first-order valence-corrected chi connectivity index (χ1v) is 7.22. The maximum Gasteiger partial charge on any atom is 0.122 e. The molecular weight excluding hydrogens is 304 g/mol. The van der Waals surface area contributed by atoms with Gasteiger partial charge >= 0.3 is 0 Å². The Bertz CT molecular complexity index is 595. The first-order chi connectivity index (χ1) is 9.24. The maximum atomic E-state index is 10.5. The van der Waals surface area contributed by atoms with Crippen LogP contribution in [0.15, 0.2) is 46.9 Å². The predicted octanol–water partition coefficient (Wildman–Crippen LogP) is 3.86. The van der Waals surface area contributed by atoms with Crippen molar-refractivity contribution < 1.29 is 9.84 Å². The van der Waals surface area contributed by atoms with Crippen LogP contribution in [-0.2, 0) is 6.42 Å². The van der Waals surface area contributed by atoms with E-state index in [9.17, 15) is 5.11 Å². The van der Waals surface area contributed by atoms with Crippen LogP contribution in [0.4, 0.5) is 0 Å². The Labute approximate surface area is 121 Å². The van der Waals surface area contributed by atoms with Crippen LogP contribution in [0.3, 0.4) is 0 Å². The molecule has 0 fully saturated rings. The minimum atomic E-state index is -0.593. The van der Waals surface area contributed by atoms with E-state index >= 15 is 0 Å². The zero-order valence-electron chi connectivity index (χ0n) is 10.5. The van der Waals surface area contributed by atoms with Gasteiger partial charge in [-0.25, -0.2) is 0 Å². The summed E-state index contributed by atoms with van der Waals surface area (Å²) in [6.45, 7) is 0.792. The molecule has 0 aliphatic carbocycles. The molecule has 0 aromatic heterocycles. The molecule has 1 aliphatic heterocycles. The maximum absolute atomic E-state index is 10.5. The van der Waals surface area contributed by atoms with Gasteiger partial charge in [-0.1, -0.05) is 34.1 Å². The van der Waals surface area contributed by atoms with Crippen LogP contribution in [0, 0.1) is 0 Å². The van der Waals surface area contributed by atoms with E-state index in [0.29, 0.717) is 0 Å². The topological polar surface area (TPSA) is 29.5 Å². The predicted molar refractivity (Wildman–Crippen MR) is 78.5 cm³/mol. The van der Waals surface area contributed by atoms with Crippen molar-refractivity contribution in [1.82, 2.24) is 0 Å². The number of halogens is 1. The van der Waals surface area contributed by atoms with Crippen molar-refractivity contribution in [3.8, 4) is 5.75 Å². The lowest BCUT2D eigenvalue weighted by atomic mass is 9.97. The number of aryl methyl sites for hydroxylation is 1. The molecule has 0 saturated heterocycles. The molecule has 1 heterocycles. The van der Waals surface area contributed by atoms with Crippen molar-refractivity contribution in [1.29, 1.82) is 0 Å². The van der Waals surface area contributed by atoms with E-state index in [4.69, 9.17) is 4.74 Å². The first kappa shape index (κ1) is 12.7. The Morgan fingerprint density at radius 1 is 1.11 bits per heavy atom. The summed E-state index contributed by atoms with van der Waals surface area (Å²) in [5, 5.41) is 10.5. The van der Waals surface area contributed by atoms with E-state index in [2.05, 4.69) is 22.0 Å². The minimum absolute atomic E-state index is 0.593. The van der Waals surface area contributed by atoms with E-state index in [-0.39, 0.29) is 0 Å². The van der Waals surface area contributed by atoms with Gasteiger partial charge in [-0.15, -0.1) is 0 Å². The van der Waals surface area contributed by atoms with E-state index in [1.165, 1.54) is 5.56 Å². The molecule has 0 spiro atoms. The third-order valence-electron chi connectivity index (χ3n) is 3.41. The van der Waals surface area contributed by atoms with Gasteiger partial charge in [0.25, 0.3) is 0 Å². The Kier molecular flexibility index (Phi) is 3.58. The molecule has 0 saturated carbocycles. The van der Waals surface area contributed by atoms with Crippen LogP contribution in [0.1, 0.15) is 29.2 Å². The van der Waals surface area contributed by atoms with Crippen LogP contribution in [0.25, 0.3) is 0 Å². The Morgan fingerprint density at radius 2 is 1.95 bits per heavy atom. The summed E-state index contributed by atoms with van der Waals surface area (Å²) in [5.41, 5.74) is 3.01. The van der Waals surface area contributed by atoms with Gasteiger partial charge in [0.1, 0.15) is 11.9 Å². The molecule has 19 heavy (non-hydrogen) atoms. The summed E-state index contributed by atoms with van der Waals surface area (Å²) in [7, 11) is 0. The molecule has 0 amide bonds. The summed E-state index contributed by atoms with van der Waals surface area (Å²) in [6, 6.07) is 13.7. The van der Waals surface area contributed by atoms with Crippen molar-refractivity contribution in [3.05, 3.63) is 63.6 Å². The highest BCUT2D eigenvalue weighted by Crippen LogP contribution is 2.30. The molecule has 1 unspecified atom stereocenters. The largest absolute Gasteiger partial charge is 0.493 e. The van der Waals surface area contributed by atoms with Gasteiger partial charge in [-0.05, 0) is 53.8 Å². The SMILES string of the molecule is OC(c1cccc(Br)c1)c1ccc2c(c1)CCCO2. The normalized spacial score (nSPS) is 15.5. The molecule has 3 rings (SSSR count). The van der Waals surface area contributed by atoms with Gasteiger partial charge in [-0.2, -0.15) is 0 Å².